The molecule has 2 unspecified atom stereocenters. The minimum Gasteiger partial charge on any atom is -0.312 e. The third kappa shape index (κ3) is 4.69. The molecule has 4 nitrogen and oxygen atoms in total. The molecule has 0 bridgehead atoms. The predicted molar refractivity (Wildman–Crippen MR) is 86.3 cm³/mol. The summed E-state index contributed by atoms with van der Waals surface area (Å²) in [7, 11) is 4.33. The lowest BCUT2D eigenvalue weighted by Gasteiger charge is -2.40. The van der Waals surface area contributed by atoms with E-state index in [-0.39, 0.29) is 0 Å². The molecule has 0 amide bonds. The molecule has 0 aromatic rings. The average molecular weight is 282 g/mol. The van der Waals surface area contributed by atoms with E-state index in [1.807, 2.05) is 0 Å². The molecule has 1 saturated heterocycles. The van der Waals surface area contributed by atoms with Crippen molar-refractivity contribution in [1.29, 1.82) is 0 Å². The van der Waals surface area contributed by atoms with Gasteiger partial charge in [-0.1, -0.05) is 13.3 Å². The van der Waals surface area contributed by atoms with Gasteiger partial charge >= 0.3 is 0 Å². The van der Waals surface area contributed by atoms with Crippen molar-refractivity contribution in [2.45, 2.75) is 44.7 Å². The van der Waals surface area contributed by atoms with E-state index in [1.165, 1.54) is 71.5 Å². The molecule has 118 valence electrons. The summed E-state index contributed by atoms with van der Waals surface area (Å²) in [5.74, 6) is 0. The van der Waals surface area contributed by atoms with Crippen LogP contribution in [0.1, 0.15) is 32.6 Å². The molecule has 2 fully saturated rings. The summed E-state index contributed by atoms with van der Waals surface area (Å²) in [4.78, 5) is 7.67. The van der Waals surface area contributed by atoms with E-state index in [2.05, 4.69) is 41.0 Å². The van der Waals surface area contributed by atoms with Gasteiger partial charge in [0.25, 0.3) is 0 Å². The van der Waals surface area contributed by atoms with E-state index in [1.54, 1.807) is 0 Å². The first-order valence-corrected chi connectivity index (χ1v) is 8.55. The second kappa shape index (κ2) is 8.32. The third-order valence-corrected chi connectivity index (χ3v) is 4.88. The first kappa shape index (κ1) is 16.2. The van der Waals surface area contributed by atoms with Crippen molar-refractivity contribution in [3.63, 3.8) is 0 Å². The molecule has 1 saturated carbocycles. The van der Waals surface area contributed by atoms with Crippen molar-refractivity contribution >= 4 is 0 Å². The van der Waals surface area contributed by atoms with Crippen molar-refractivity contribution in [3.05, 3.63) is 0 Å². The maximum atomic E-state index is 3.77. The fourth-order valence-corrected chi connectivity index (χ4v) is 3.61. The van der Waals surface area contributed by atoms with Crippen LogP contribution in [0.25, 0.3) is 0 Å². The van der Waals surface area contributed by atoms with E-state index in [0.717, 1.165) is 12.1 Å². The second-order valence-corrected chi connectivity index (χ2v) is 6.74. The molecule has 1 N–H and O–H groups in total. The molecule has 0 aromatic heterocycles. The van der Waals surface area contributed by atoms with Crippen LogP contribution in [-0.4, -0.2) is 86.7 Å². The molecule has 0 spiro atoms. The van der Waals surface area contributed by atoms with Crippen molar-refractivity contribution < 1.29 is 0 Å². The summed E-state index contributed by atoms with van der Waals surface area (Å²) < 4.78 is 0. The molecular formula is C16H34N4. The zero-order chi connectivity index (χ0) is 14.4. The molecule has 0 radical (unpaired) electrons. The summed E-state index contributed by atoms with van der Waals surface area (Å²) in [6.45, 7) is 10.9. The lowest BCUT2D eigenvalue weighted by Crippen LogP contribution is -2.55. The van der Waals surface area contributed by atoms with Gasteiger partial charge in [0.1, 0.15) is 0 Å². The number of rotatable bonds is 7. The summed E-state index contributed by atoms with van der Waals surface area (Å²) in [6.07, 6.45) is 5.44. The fraction of sp³-hybridized carbons (Fsp3) is 1.00. The molecule has 1 heterocycles. The van der Waals surface area contributed by atoms with Crippen LogP contribution in [0.5, 0.6) is 0 Å². The van der Waals surface area contributed by atoms with Crippen LogP contribution in [0.15, 0.2) is 0 Å². The number of hydrogen-bond acceptors (Lipinski definition) is 4. The quantitative estimate of drug-likeness (QED) is 0.754. The highest BCUT2D eigenvalue weighted by molar-refractivity contribution is 4.92. The highest BCUT2D eigenvalue weighted by Crippen LogP contribution is 2.25. The van der Waals surface area contributed by atoms with E-state index in [0.29, 0.717) is 0 Å². The number of nitrogens with zero attached hydrogens (tertiary/aromatic N) is 3. The molecule has 0 aromatic carbocycles. The predicted octanol–water partition coefficient (Wildman–Crippen LogP) is 1.09. The van der Waals surface area contributed by atoms with E-state index in [9.17, 15) is 0 Å². The zero-order valence-electron chi connectivity index (χ0n) is 13.8. The first-order chi connectivity index (χ1) is 9.70. The lowest BCUT2D eigenvalue weighted by molar-refractivity contribution is 0.0831. The Morgan fingerprint density at radius 2 is 1.85 bits per heavy atom. The Kier molecular flexibility index (Phi) is 6.75. The molecule has 2 aliphatic rings. The van der Waals surface area contributed by atoms with Crippen LogP contribution >= 0.6 is 0 Å². The number of nitrogens with one attached hydrogen (secondary N) is 1. The van der Waals surface area contributed by atoms with E-state index >= 15 is 0 Å². The van der Waals surface area contributed by atoms with Crippen LogP contribution in [0.4, 0.5) is 0 Å². The molecule has 20 heavy (non-hydrogen) atoms. The number of piperazine rings is 1. The first-order valence-electron chi connectivity index (χ1n) is 8.55. The molecule has 4 heteroatoms. The fourth-order valence-electron chi connectivity index (χ4n) is 3.61. The maximum Gasteiger partial charge on any atom is 0.0250 e. The van der Waals surface area contributed by atoms with Crippen LogP contribution in [0.2, 0.25) is 0 Å². The highest BCUT2D eigenvalue weighted by atomic mass is 15.3. The molecule has 2 atom stereocenters. The minimum absolute atomic E-state index is 0.753. The van der Waals surface area contributed by atoms with Gasteiger partial charge in [0.15, 0.2) is 0 Å². The summed E-state index contributed by atoms with van der Waals surface area (Å²) >= 11 is 0. The summed E-state index contributed by atoms with van der Waals surface area (Å²) in [5.41, 5.74) is 0. The van der Waals surface area contributed by atoms with Gasteiger partial charge in [0.2, 0.25) is 0 Å². The van der Waals surface area contributed by atoms with Gasteiger partial charge < -0.3 is 10.2 Å². The zero-order valence-corrected chi connectivity index (χ0v) is 13.8. The van der Waals surface area contributed by atoms with Gasteiger partial charge in [-0.2, -0.15) is 0 Å². The molecule has 2 rings (SSSR count). The molecular weight excluding hydrogens is 248 g/mol. The Morgan fingerprint density at radius 1 is 1.10 bits per heavy atom. The summed E-state index contributed by atoms with van der Waals surface area (Å²) in [6, 6.07) is 1.56. The van der Waals surface area contributed by atoms with Crippen molar-refractivity contribution in [2.75, 3.05) is 59.9 Å². The topological polar surface area (TPSA) is 21.8 Å². The lowest BCUT2D eigenvalue weighted by atomic mass is 10.1. The van der Waals surface area contributed by atoms with Gasteiger partial charge in [-0.15, -0.1) is 0 Å². The Hall–Kier alpha value is -0.160. The van der Waals surface area contributed by atoms with Crippen molar-refractivity contribution in [3.8, 4) is 0 Å². The monoisotopic (exact) mass is 282 g/mol. The number of likely N-dealkylation sites (N-methyl/N-ethyl adjacent to an activating group) is 1. The minimum atomic E-state index is 0.753. The molecule has 1 aliphatic carbocycles. The van der Waals surface area contributed by atoms with Crippen molar-refractivity contribution in [2.24, 2.45) is 0 Å². The van der Waals surface area contributed by atoms with Crippen LogP contribution < -0.4 is 5.32 Å². The smallest absolute Gasteiger partial charge is 0.0250 e. The standard InChI is InChI=1S/C16H34N4/c1-4-8-17-15-6-5-7-16(15)20-13-11-19(12-14-20)10-9-18(2)3/h15-17H,4-14H2,1-3H3. The maximum absolute atomic E-state index is 3.77. The third-order valence-electron chi connectivity index (χ3n) is 4.88. The normalized spacial score (nSPS) is 29.4. The van der Waals surface area contributed by atoms with Gasteiger partial charge in [0, 0.05) is 51.4 Å². The highest BCUT2D eigenvalue weighted by Gasteiger charge is 2.33. The van der Waals surface area contributed by atoms with Crippen LogP contribution in [0.3, 0.4) is 0 Å². The van der Waals surface area contributed by atoms with Crippen molar-refractivity contribution in [1.82, 2.24) is 20.0 Å². The Bertz CT molecular complexity index is 261. The Balaban J connectivity index is 1.72. The van der Waals surface area contributed by atoms with Gasteiger partial charge in [-0.25, -0.2) is 0 Å². The summed E-state index contributed by atoms with van der Waals surface area (Å²) in [5, 5.41) is 3.77. The molecule has 1 aliphatic heterocycles. The van der Waals surface area contributed by atoms with E-state index in [4.69, 9.17) is 0 Å². The van der Waals surface area contributed by atoms with Gasteiger partial charge in [-0.3, -0.25) is 9.80 Å². The second-order valence-electron chi connectivity index (χ2n) is 6.74. The Morgan fingerprint density at radius 3 is 2.50 bits per heavy atom. The Labute approximate surface area is 125 Å². The van der Waals surface area contributed by atoms with E-state index < -0.39 is 0 Å². The van der Waals surface area contributed by atoms with Crippen LogP contribution in [0, 0.1) is 0 Å². The van der Waals surface area contributed by atoms with Crippen LogP contribution in [-0.2, 0) is 0 Å². The average Bonchev–Trinajstić information content (AvgIpc) is 2.91. The largest absolute Gasteiger partial charge is 0.312 e. The number of hydrogen-bond donors (Lipinski definition) is 1. The van der Waals surface area contributed by atoms with Gasteiger partial charge in [0.05, 0.1) is 0 Å². The van der Waals surface area contributed by atoms with Gasteiger partial charge in [-0.05, 0) is 39.9 Å². The SMILES string of the molecule is CCCNC1CCCC1N1CCN(CCN(C)C)CC1.